The number of hydrogen-bond acceptors (Lipinski definition) is 3. The van der Waals surface area contributed by atoms with Crippen LogP contribution < -0.4 is 10.5 Å². The molecule has 0 aliphatic rings. The zero-order valence-electron chi connectivity index (χ0n) is 9.91. The summed E-state index contributed by atoms with van der Waals surface area (Å²) in [5, 5.41) is 0. The number of hydrogen-bond donors (Lipinski definition) is 2. The van der Waals surface area contributed by atoms with Gasteiger partial charge in [0, 0.05) is 12.1 Å². The first-order valence-corrected chi connectivity index (χ1v) is 7.13. The van der Waals surface area contributed by atoms with Crippen molar-refractivity contribution in [1.82, 2.24) is 4.72 Å². The summed E-state index contributed by atoms with van der Waals surface area (Å²) in [6.07, 6.45) is 0. The fraction of sp³-hybridized carbons (Fsp3) is 0.400. The van der Waals surface area contributed by atoms with Crippen LogP contribution in [0, 0.1) is 5.82 Å². The molecule has 1 aromatic carbocycles. The molecule has 0 spiro atoms. The maximum Gasteiger partial charge on any atom is 0.240 e. The Labute approximate surface area is 121 Å². The first-order chi connectivity index (χ1) is 7.62. The molecule has 0 amide bonds. The molecule has 0 atom stereocenters. The lowest BCUT2D eigenvalue weighted by Gasteiger charge is -2.19. The van der Waals surface area contributed by atoms with Crippen molar-refractivity contribution in [2.24, 2.45) is 5.73 Å². The van der Waals surface area contributed by atoms with E-state index in [-0.39, 0.29) is 28.3 Å². The first-order valence-electron chi connectivity index (χ1n) is 4.85. The van der Waals surface area contributed by atoms with Gasteiger partial charge in [-0.25, -0.2) is 17.5 Å². The lowest BCUT2D eigenvalue weighted by atomic mass is 10.1. The number of nitrogens with two attached hydrogens (primary N) is 1. The number of nitrogens with one attached hydrogen (secondary N) is 1. The highest BCUT2D eigenvalue weighted by Gasteiger charge is 2.19. The molecule has 0 radical (unpaired) electrons. The van der Waals surface area contributed by atoms with Gasteiger partial charge < -0.3 is 5.73 Å². The molecule has 8 heteroatoms. The van der Waals surface area contributed by atoms with E-state index >= 15 is 0 Å². The SMILES string of the molecule is CC(C)(N)CNS(=O)(=O)c1ccc(F)c(Br)c1.Cl. The predicted octanol–water partition coefficient (Wildman–Crippen LogP) is 2.03. The van der Waals surface area contributed by atoms with E-state index in [1.165, 1.54) is 12.1 Å². The van der Waals surface area contributed by atoms with Gasteiger partial charge in [0.15, 0.2) is 0 Å². The average Bonchev–Trinajstić information content (AvgIpc) is 2.18. The monoisotopic (exact) mass is 360 g/mol. The summed E-state index contributed by atoms with van der Waals surface area (Å²) in [5.41, 5.74) is 5.03. The van der Waals surface area contributed by atoms with Gasteiger partial charge in [0.05, 0.1) is 9.37 Å². The van der Waals surface area contributed by atoms with Gasteiger partial charge in [-0.15, -0.1) is 12.4 Å². The normalized spacial score (nSPS) is 12.1. The van der Waals surface area contributed by atoms with Gasteiger partial charge in [-0.2, -0.15) is 0 Å². The Kier molecular flexibility index (Phi) is 6.22. The van der Waals surface area contributed by atoms with Gasteiger partial charge in [-0.05, 0) is 48.0 Å². The summed E-state index contributed by atoms with van der Waals surface area (Å²) in [6.45, 7) is 3.51. The van der Waals surface area contributed by atoms with Crippen LogP contribution in [0.25, 0.3) is 0 Å². The van der Waals surface area contributed by atoms with E-state index in [9.17, 15) is 12.8 Å². The lowest BCUT2D eigenvalue weighted by molar-refractivity contribution is 0.498. The molecule has 18 heavy (non-hydrogen) atoms. The van der Waals surface area contributed by atoms with Gasteiger partial charge in [-0.3, -0.25) is 0 Å². The van der Waals surface area contributed by atoms with Gasteiger partial charge in [-0.1, -0.05) is 0 Å². The number of benzene rings is 1. The van der Waals surface area contributed by atoms with Crippen LogP contribution in [0.1, 0.15) is 13.8 Å². The van der Waals surface area contributed by atoms with Gasteiger partial charge in [0.1, 0.15) is 5.82 Å². The van der Waals surface area contributed by atoms with Crippen molar-refractivity contribution in [3.63, 3.8) is 0 Å². The van der Waals surface area contributed by atoms with Crippen molar-refractivity contribution in [3.8, 4) is 0 Å². The average molecular weight is 362 g/mol. The van der Waals surface area contributed by atoms with Crippen molar-refractivity contribution in [2.45, 2.75) is 24.3 Å². The minimum atomic E-state index is -3.66. The molecule has 0 saturated heterocycles. The van der Waals surface area contributed by atoms with Crippen LogP contribution in [0.4, 0.5) is 4.39 Å². The molecule has 1 rings (SSSR count). The molecule has 0 fully saturated rings. The molecular weight excluding hydrogens is 347 g/mol. The molecule has 3 N–H and O–H groups in total. The molecule has 1 aromatic rings. The van der Waals surface area contributed by atoms with Crippen LogP contribution in [0.5, 0.6) is 0 Å². The number of rotatable bonds is 4. The third-order valence-corrected chi connectivity index (χ3v) is 3.93. The van der Waals surface area contributed by atoms with Crippen molar-refractivity contribution >= 4 is 38.4 Å². The molecule has 0 heterocycles. The second-order valence-electron chi connectivity index (χ2n) is 4.39. The highest BCUT2D eigenvalue weighted by atomic mass is 79.9. The zero-order chi connectivity index (χ0) is 13.3. The molecule has 104 valence electrons. The third kappa shape index (κ3) is 5.19. The molecule has 0 saturated carbocycles. The predicted molar refractivity (Wildman–Crippen MR) is 74.8 cm³/mol. The minimum absolute atomic E-state index is 0. The highest BCUT2D eigenvalue weighted by Crippen LogP contribution is 2.19. The molecule has 0 aliphatic heterocycles. The van der Waals surface area contributed by atoms with E-state index in [4.69, 9.17) is 5.73 Å². The van der Waals surface area contributed by atoms with E-state index in [1.54, 1.807) is 13.8 Å². The van der Waals surface area contributed by atoms with Crippen LogP contribution in [-0.4, -0.2) is 20.5 Å². The Morgan fingerprint density at radius 3 is 2.44 bits per heavy atom. The van der Waals surface area contributed by atoms with Crippen LogP contribution in [0.3, 0.4) is 0 Å². The molecule has 0 aliphatic carbocycles. The van der Waals surface area contributed by atoms with E-state index in [2.05, 4.69) is 20.7 Å². The largest absolute Gasteiger partial charge is 0.324 e. The van der Waals surface area contributed by atoms with E-state index in [0.29, 0.717) is 0 Å². The second-order valence-corrected chi connectivity index (χ2v) is 7.01. The molecule has 4 nitrogen and oxygen atoms in total. The smallest absolute Gasteiger partial charge is 0.240 e. The van der Waals surface area contributed by atoms with E-state index in [1.807, 2.05) is 0 Å². The quantitative estimate of drug-likeness (QED) is 0.862. The Morgan fingerprint density at radius 2 is 2.00 bits per heavy atom. The number of sulfonamides is 1. The van der Waals surface area contributed by atoms with Gasteiger partial charge in [0.25, 0.3) is 0 Å². The topological polar surface area (TPSA) is 72.2 Å². The third-order valence-electron chi connectivity index (χ3n) is 1.92. The van der Waals surface area contributed by atoms with Crippen LogP contribution in [-0.2, 0) is 10.0 Å². The molecule has 0 aromatic heterocycles. The van der Waals surface area contributed by atoms with Gasteiger partial charge in [0.2, 0.25) is 10.0 Å². The summed E-state index contributed by atoms with van der Waals surface area (Å²) in [5.74, 6) is -0.511. The fourth-order valence-corrected chi connectivity index (χ4v) is 2.79. The lowest BCUT2D eigenvalue weighted by Crippen LogP contribution is -2.45. The maximum atomic E-state index is 13.0. The standard InChI is InChI=1S/C10H14BrFN2O2S.ClH/c1-10(2,13)6-14-17(15,16)7-3-4-9(12)8(11)5-7;/h3-5,14H,6,13H2,1-2H3;1H. The molecular formula is C10H15BrClFN2O2S. The Morgan fingerprint density at radius 1 is 1.44 bits per heavy atom. The van der Waals surface area contributed by atoms with Crippen molar-refractivity contribution in [3.05, 3.63) is 28.5 Å². The summed E-state index contributed by atoms with van der Waals surface area (Å²) < 4.78 is 39.1. The summed E-state index contributed by atoms with van der Waals surface area (Å²) in [6, 6.07) is 3.50. The van der Waals surface area contributed by atoms with E-state index in [0.717, 1.165) is 6.07 Å². The van der Waals surface area contributed by atoms with Crippen molar-refractivity contribution < 1.29 is 12.8 Å². The fourth-order valence-electron chi connectivity index (χ4n) is 1.01. The first kappa shape index (κ1) is 17.8. The van der Waals surface area contributed by atoms with Crippen molar-refractivity contribution in [1.29, 1.82) is 0 Å². The minimum Gasteiger partial charge on any atom is -0.324 e. The summed E-state index contributed by atoms with van der Waals surface area (Å²) in [4.78, 5) is -0.00461. The van der Waals surface area contributed by atoms with Crippen LogP contribution in [0.15, 0.2) is 27.6 Å². The van der Waals surface area contributed by atoms with Crippen LogP contribution in [0.2, 0.25) is 0 Å². The van der Waals surface area contributed by atoms with Crippen LogP contribution >= 0.6 is 28.3 Å². The Balaban J connectivity index is 0.00000289. The Bertz CT molecular complexity index is 517. The maximum absolute atomic E-state index is 13.0. The summed E-state index contributed by atoms with van der Waals surface area (Å²) in [7, 11) is -3.66. The van der Waals surface area contributed by atoms with Crippen molar-refractivity contribution in [2.75, 3.05) is 6.54 Å². The zero-order valence-corrected chi connectivity index (χ0v) is 13.1. The van der Waals surface area contributed by atoms with E-state index < -0.39 is 21.4 Å². The highest BCUT2D eigenvalue weighted by molar-refractivity contribution is 9.10. The van der Waals surface area contributed by atoms with Gasteiger partial charge >= 0.3 is 0 Å². The Hall–Kier alpha value is -0.210. The second kappa shape index (κ2) is 6.29. The molecule has 0 bridgehead atoms. The molecule has 0 unspecified atom stereocenters. The number of halogens is 3. The summed E-state index contributed by atoms with van der Waals surface area (Å²) >= 11 is 2.94.